The third kappa shape index (κ3) is 3.27. The Morgan fingerprint density at radius 3 is 2.62 bits per heavy atom. The Balaban J connectivity index is 1.90. The van der Waals surface area contributed by atoms with E-state index in [1.54, 1.807) is 25.2 Å². The van der Waals surface area contributed by atoms with Crippen molar-refractivity contribution in [3.63, 3.8) is 0 Å². The maximum absolute atomic E-state index is 12.3. The Kier molecular flexibility index (Phi) is 4.93. The standard InChI is InChI=1S/C20H25N5O/c1-13-6-9-21-14(2)17(13)12-23-19-16-8-11-25(18(16)7-10-22-19)15(3)20(26)24(4)5/h6-11,15H,12H2,1-5H3,(H,22,23). The van der Waals surface area contributed by atoms with Crippen LogP contribution in [-0.4, -0.2) is 39.4 Å². The van der Waals surface area contributed by atoms with Crippen molar-refractivity contribution in [2.75, 3.05) is 19.4 Å². The minimum atomic E-state index is -0.263. The molecule has 0 aliphatic heterocycles. The quantitative estimate of drug-likeness (QED) is 0.766. The molecule has 0 saturated heterocycles. The van der Waals surface area contributed by atoms with E-state index in [4.69, 9.17) is 0 Å². The summed E-state index contributed by atoms with van der Waals surface area (Å²) in [5.74, 6) is 0.879. The molecule has 3 aromatic heterocycles. The maximum Gasteiger partial charge on any atom is 0.244 e. The van der Waals surface area contributed by atoms with E-state index in [9.17, 15) is 4.79 Å². The van der Waals surface area contributed by atoms with Crippen LogP contribution in [0.2, 0.25) is 0 Å². The third-order valence-corrected chi connectivity index (χ3v) is 4.80. The van der Waals surface area contributed by atoms with Crippen molar-refractivity contribution in [3.8, 4) is 0 Å². The van der Waals surface area contributed by atoms with Gasteiger partial charge in [0.25, 0.3) is 0 Å². The van der Waals surface area contributed by atoms with E-state index in [0.717, 1.165) is 22.4 Å². The summed E-state index contributed by atoms with van der Waals surface area (Å²) < 4.78 is 1.99. The maximum atomic E-state index is 12.3. The molecule has 0 fully saturated rings. The fraction of sp³-hybridized carbons (Fsp3) is 0.350. The zero-order valence-corrected chi connectivity index (χ0v) is 15.9. The van der Waals surface area contributed by atoms with E-state index >= 15 is 0 Å². The molecular weight excluding hydrogens is 326 g/mol. The molecule has 6 nitrogen and oxygen atoms in total. The minimum Gasteiger partial charge on any atom is -0.365 e. The topological polar surface area (TPSA) is 63.1 Å². The third-order valence-electron chi connectivity index (χ3n) is 4.80. The van der Waals surface area contributed by atoms with Crippen molar-refractivity contribution < 1.29 is 4.79 Å². The van der Waals surface area contributed by atoms with Crippen molar-refractivity contribution in [1.82, 2.24) is 19.4 Å². The van der Waals surface area contributed by atoms with Gasteiger partial charge in [-0.2, -0.15) is 0 Å². The summed E-state index contributed by atoms with van der Waals surface area (Å²) >= 11 is 0. The zero-order chi connectivity index (χ0) is 18.8. The van der Waals surface area contributed by atoms with Crippen LogP contribution >= 0.6 is 0 Å². The number of aromatic nitrogens is 3. The molecule has 0 bridgehead atoms. The van der Waals surface area contributed by atoms with Gasteiger partial charge in [0.15, 0.2) is 0 Å². The van der Waals surface area contributed by atoms with Crippen molar-refractivity contribution in [2.24, 2.45) is 0 Å². The minimum absolute atomic E-state index is 0.0652. The second kappa shape index (κ2) is 7.15. The number of nitrogens with one attached hydrogen (secondary N) is 1. The number of aryl methyl sites for hydroxylation is 2. The molecule has 1 unspecified atom stereocenters. The van der Waals surface area contributed by atoms with E-state index in [2.05, 4.69) is 22.2 Å². The molecule has 1 N–H and O–H groups in total. The summed E-state index contributed by atoms with van der Waals surface area (Å²) in [6.07, 6.45) is 5.55. The fourth-order valence-corrected chi connectivity index (χ4v) is 3.22. The summed E-state index contributed by atoms with van der Waals surface area (Å²) in [5, 5.41) is 4.43. The number of hydrogen-bond acceptors (Lipinski definition) is 4. The lowest BCUT2D eigenvalue weighted by molar-refractivity contribution is -0.131. The van der Waals surface area contributed by atoms with Crippen LogP contribution in [-0.2, 0) is 11.3 Å². The molecule has 0 aliphatic rings. The first-order valence-corrected chi connectivity index (χ1v) is 8.71. The Morgan fingerprint density at radius 1 is 1.19 bits per heavy atom. The van der Waals surface area contributed by atoms with Crippen LogP contribution < -0.4 is 5.32 Å². The van der Waals surface area contributed by atoms with Crippen molar-refractivity contribution in [3.05, 3.63) is 53.6 Å². The van der Waals surface area contributed by atoms with Gasteiger partial charge in [-0.25, -0.2) is 4.98 Å². The number of amides is 1. The zero-order valence-electron chi connectivity index (χ0n) is 15.9. The lowest BCUT2D eigenvalue weighted by Crippen LogP contribution is -2.29. The normalized spacial score (nSPS) is 12.2. The molecule has 3 heterocycles. The van der Waals surface area contributed by atoms with Gasteiger partial charge in [-0.1, -0.05) is 0 Å². The van der Waals surface area contributed by atoms with Gasteiger partial charge in [-0.3, -0.25) is 9.78 Å². The summed E-state index contributed by atoms with van der Waals surface area (Å²) in [7, 11) is 3.55. The monoisotopic (exact) mass is 351 g/mol. The molecule has 0 saturated carbocycles. The number of hydrogen-bond donors (Lipinski definition) is 1. The largest absolute Gasteiger partial charge is 0.365 e. The van der Waals surface area contributed by atoms with Crippen LogP contribution in [0.1, 0.15) is 29.8 Å². The molecule has 0 aliphatic carbocycles. The second-order valence-corrected chi connectivity index (χ2v) is 6.77. The van der Waals surface area contributed by atoms with E-state index in [-0.39, 0.29) is 11.9 Å². The highest BCUT2D eigenvalue weighted by Gasteiger charge is 2.19. The number of pyridine rings is 2. The molecule has 0 spiro atoms. The first-order valence-electron chi connectivity index (χ1n) is 8.71. The number of likely N-dealkylation sites (N-methyl/N-ethyl adjacent to an activating group) is 1. The van der Waals surface area contributed by atoms with Gasteiger partial charge >= 0.3 is 0 Å². The molecule has 0 radical (unpaired) electrons. The molecule has 6 heteroatoms. The summed E-state index contributed by atoms with van der Waals surface area (Å²) in [6.45, 7) is 6.68. The van der Waals surface area contributed by atoms with E-state index in [0.29, 0.717) is 6.54 Å². The molecular formula is C20H25N5O. The number of carbonyl (C=O) groups is 1. The van der Waals surface area contributed by atoms with Gasteiger partial charge in [0.2, 0.25) is 5.91 Å². The van der Waals surface area contributed by atoms with Gasteiger partial charge in [0.1, 0.15) is 11.9 Å². The smallest absolute Gasteiger partial charge is 0.244 e. The molecule has 1 amide bonds. The Morgan fingerprint density at radius 2 is 1.92 bits per heavy atom. The van der Waals surface area contributed by atoms with Crippen molar-refractivity contribution in [2.45, 2.75) is 33.4 Å². The predicted molar refractivity (Wildman–Crippen MR) is 104 cm³/mol. The van der Waals surface area contributed by atoms with Gasteiger partial charge in [0.05, 0.1) is 5.52 Å². The van der Waals surface area contributed by atoms with Gasteiger partial charge in [0, 0.05) is 50.3 Å². The van der Waals surface area contributed by atoms with Crippen molar-refractivity contribution in [1.29, 1.82) is 0 Å². The highest BCUT2D eigenvalue weighted by molar-refractivity contribution is 5.92. The summed E-state index contributed by atoms with van der Waals surface area (Å²) in [6, 6.07) is 5.71. The molecule has 0 aromatic carbocycles. The Bertz CT molecular complexity index is 924. The first kappa shape index (κ1) is 17.9. The van der Waals surface area contributed by atoms with Crippen LogP contribution in [0.5, 0.6) is 0 Å². The van der Waals surface area contributed by atoms with Gasteiger partial charge in [-0.05, 0) is 50.1 Å². The van der Waals surface area contributed by atoms with Gasteiger partial charge in [-0.15, -0.1) is 0 Å². The average molecular weight is 351 g/mol. The predicted octanol–water partition coefficient (Wildman–Crippen LogP) is 3.31. The molecule has 26 heavy (non-hydrogen) atoms. The van der Waals surface area contributed by atoms with Crippen molar-refractivity contribution >= 4 is 22.6 Å². The number of nitrogens with zero attached hydrogens (tertiary/aromatic N) is 4. The van der Waals surface area contributed by atoms with E-state index in [1.165, 1.54) is 11.1 Å². The summed E-state index contributed by atoms with van der Waals surface area (Å²) in [5.41, 5.74) is 4.40. The summed E-state index contributed by atoms with van der Waals surface area (Å²) in [4.78, 5) is 22.8. The lowest BCUT2D eigenvalue weighted by atomic mass is 10.1. The Hall–Kier alpha value is -2.89. The number of fused-ring (bicyclic) bond motifs is 1. The van der Waals surface area contributed by atoms with Crippen LogP contribution in [0.25, 0.3) is 10.9 Å². The van der Waals surface area contributed by atoms with E-state index in [1.807, 2.05) is 49.0 Å². The fourth-order valence-electron chi connectivity index (χ4n) is 3.22. The SMILES string of the molecule is Cc1ccnc(C)c1CNc1nccc2c1ccn2C(C)C(=O)N(C)C. The van der Waals surface area contributed by atoms with Crippen LogP contribution in [0, 0.1) is 13.8 Å². The lowest BCUT2D eigenvalue weighted by Gasteiger charge is -2.19. The molecule has 3 rings (SSSR count). The van der Waals surface area contributed by atoms with Crippen LogP contribution in [0.4, 0.5) is 5.82 Å². The molecule has 3 aromatic rings. The highest BCUT2D eigenvalue weighted by atomic mass is 16.2. The van der Waals surface area contributed by atoms with E-state index < -0.39 is 0 Å². The van der Waals surface area contributed by atoms with Gasteiger partial charge < -0.3 is 14.8 Å². The molecule has 1 atom stereocenters. The average Bonchev–Trinajstić information content (AvgIpc) is 3.04. The van der Waals surface area contributed by atoms with Crippen LogP contribution in [0.3, 0.4) is 0 Å². The number of carbonyl (C=O) groups excluding carboxylic acids is 1. The second-order valence-electron chi connectivity index (χ2n) is 6.77. The number of anilines is 1. The highest BCUT2D eigenvalue weighted by Crippen LogP contribution is 2.26. The Labute approximate surface area is 153 Å². The first-order chi connectivity index (χ1) is 12.4. The number of rotatable bonds is 5. The molecule has 136 valence electrons. The van der Waals surface area contributed by atoms with Crippen LogP contribution in [0.15, 0.2) is 36.8 Å².